The van der Waals surface area contributed by atoms with E-state index in [1.165, 1.54) is 0 Å². The minimum absolute atomic E-state index is 0.0399. The number of aliphatic hydroxyl groups excluding tert-OH is 1. The van der Waals surface area contributed by atoms with Crippen LogP contribution < -0.4 is 4.74 Å². The maximum absolute atomic E-state index is 13.3. The van der Waals surface area contributed by atoms with Gasteiger partial charge in [-0.05, 0) is 65.3 Å². The van der Waals surface area contributed by atoms with Crippen LogP contribution in [-0.4, -0.2) is 42.0 Å². The van der Waals surface area contributed by atoms with Crippen LogP contribution in [0.3, 0.4) is 0 Å². The zero-order valence-electron chi connectivity index (χ0n) is 23.4. The third kappa shape index (κ3) is 6.23. The molecule has 4 rings (SSSR count). The summed E-state index contributed by atoms with van der Waals surface area (Å²) in [6.07, 6.45) is 0.576. The summed E-state index contributed by atoms with van der Waals surface area (Å²) in [4.78, 5) is 27.9. The van der Waals surface area contributed by atoms with Crippen molar-refractivity contribution in [3.8, 4) is 5.75 Å². The number of Topliss-reactive ketones (excluding diaryl/α,β-unsaturated/α-hetero) is 1. The van der Waals surface area contributed by atoms with Gasteiger partial charge >= 0.3 is 0 Å². The average molecular weight is 528 g/mol. The second kappa shape index (κ2) is 11.9. The van der Waals surface area contributed by atoms with Gasteiger partial charge in [0.25, 0.3) is 11.7 Å². The molecule has 1 fully saturated rings. The molecule has 6 heteroatoms. The topological polar surface area (TPSA) is 76.1 Å². The largest absolute Gasteiger partial charge is 0.507 e. The van der Waals surface area contributed by atoms with E-state index in [0.29, 0.717) is 37.5 Å². The van der Waals surface area contributed by atoms with Crippen molar-refractivity contribution in [2.75, 3.05) is 20.3 Å². The zero-order valence-corrected chi connectivity index (χ0v) is 23.4. The second-order valence-corrected chi connectivity index (χ2v) is 11.0. The van der Waals surface area contributed by atoms with Crippen LogP contribution in [0.2, 0.25) is 0 Å². The quantitative estimate of drug-likeness (QED) is 0.152. The van der Waals surface area contributed by atoms with Gasteiger partial charge in [-0.1, -0.05) is 69.3 Å². The highest BCUT2D eigenvalue weighted by Crippen LogP contribution is 2.40. The zero-order chi connectivity index (χ0) is 28.2. The number of likely N-dealkylation sites (tertiary alicyclic amines) is 1. The molecule has 0 bridgehead atoms. The summed E-state index contributed by atoms with van der Waals surface area (Å²) in [5.41, 5.74) is 4.66. The summed E-state index contributed by atoms with van der Waals surface area (Å²) in [5, 5.41) is 11.4. The Morgan fingerprint density at radius 3 is 2.23 bits per heavy atom. The Morgan fingerprint density at radius 2 is 1.62 bits per heavy atom. The van der Waals surface area contributed by atoms with Crippen molar-refractivity contribution < 1.29 is 24.2 Å². The van der Waals surface area contributed by atoms with Crippen molar-refractivity contribution in [3.63, 3.8) is 0 Å². The molecule has 0 aliphatic carbocycles. The molecule has 0 radical (unpaired) electrons. The van der Waals surface area contributed by atoms with Crippen LogP contribution in [0, 0.1) is 6.92 Å². The second-order valence-electron chi connectivity index (χ2n) is 11.0. The lowest BCUT2D eigenvalue weighted by molar-refractivity contribution is -0.140. The summed E-state index contributed by atoms with van der Waals surface area (Å²) in [6, 6.07) is 22.2. The standard InChI is InChI=1S/C33H37NO5/c1-22-9-6-7-10-25(22)21-39-27-17-13-24(14-18-27)30(35)28-29(23-11-15-26(16-12-23)33(2,3)4)34(19-8-20-38-5)32(37)31(28)36/h6-7,9-18,29,35H,8,19-21H2,1-5H3. The van der Waals surface area contributed by atoms with Crippen LogP contribution >= 0.6 is 0 Å². The van der Waals surface area contributed by atoms with Crippen molar-refractivity contribution in [2.24, 2.45) is 0 Å². The first-order valence-corrected chi connectivity index (χ1v) is 13.3. The van der Waals surface area contributed by atoms with E-state index >= 15 is 0 Å². The number of amides is 1. The van der Waals surface area contributed by atoms with Crippen LogP contribution in [0.4, 0.5) is 0 Å². The first-order valence-electron chi connectivity index (χ1n) is 13.3. The summed E-state index contributed by atoms with van der Waals surface area (Å²) < 4.78 is 11.1. The lowest BCUT2D eigenvalue weighted by Crippen LogP contribution is -2.31. The Balaban J connectivity index is 1.66. The molecule has 6 nitrogen and oxygen atoms in total. The fourth-order valence-electron chi connectivity index (χ4n) is 4.80. The Hall–Kier alpha value is -3.90. The van der Waals surface area contributed by atoms with Gasteiger partial charge in [0.05, 0.1) is 11.6 Å². The number of ketones is 1. The van der Waals surface area contributed by atoms with Crippen LogP contribution in [0.25, 0.3) is 5.76 Å². The summed E-state index contributed by atoms with van der Waals surface area (Å²) in [6.45, 7) is 9.66. The first kappa shape index (κ1) is 28.1. The van der Waals surface area contributed by atoms with E-state index in [1.807, 2.05) is 55.5 Å². The number of nitrogens with zero attached hydrogens (tertiary/aromatic N) is 1. The number of hydrogen-bond acceptors (Lipinski definition) is 5. The summed E-state index contributed by atoms with van der Waals surface area (Å²) in [7, 11) is 1.60. The number of hydrogen-bond donors (Lipinski definition) is 1. The summed E-state index contributed by atoms with van der Waals surface area (Å²) in [5.74, 6) is -0.854. The number of rotatable bonds is 9. The molecule has 1 saturated heterocycles. The third-order valence-corrected chi connectivity index (χ3v) is 7.16. The van der Waals surface area contributed by atoms with E-state index in [9.17, 15) is 14.7 Å². The van der Waals surface area contributed by atoms with Gasteiger partial charge in [0, 0.05) is 25.8 Å². The van der Waals surface area contributed by atoms with E-state index in [4.69, 9.17) is 9.47 Å². The van der Waals surface area contributed by atoms with Crippen LogP contribution in [-0.2, 0) is 26.3 Å². The van der Waals surface area contributed by atoms with Gasteiger partial charge in [0.2, 0.25) is 0 Å². The smallest absolute Gasteiger partial charge is 0.295 e. The van der Waals surface area contributed by atoms with Crippen LogP contribution in [0.15, 0.2) is 78.4 Å². The molecule has 0 spiro atoms. The van der Waals surface area contributed by atoms with Crippen molar-refractivity contribution in [2.45, 2.75) is 52.2 Å². The molecule has 3 aromatic rings. The normalized spacial score (nSPS) is 17.1. The van der Waals surface area contributed by atoms with E-state index < -0.39 is 17.7 Å². The number of carbonyl (C=O) groups is 2. The maximum atomic E-state index is 13.3. The van der Waals surface area contributed by atoms with Gasteiger partial charge in [-0.15, -0.1) is 0 Å². The number of methoxy groups -OCH3 is 1. The minimum Gasteiger partial charge on any atom is -0.507 e. The highest BCUT2D eigenvalue weighted by molar-refractivity contribution is 6.46. The monoisotopic (exact) mass is 527 g/mol. The molecule has 1 N–H and O–H groups in total. The molecule has 39 heavy (non-hydrogen) atoms. The molecule has 0 saturated carbocycles. The Bertz CT molecular complexity index is 1350. The number of benzene rings is 3. The SMILES string of the molecule is COCCCN1C(=O)C(=O)C(=C(O)c2ccc(OCc3ccccc3C)cc2)C1c1ccc(C(C)(C)C)cc1. The number of aliphatic hydroxyl groups is 1. The van der Waals surface area contributed by atoms with Crippen molar-refractivity contribution >= 4 is 17.4 Å². The molecule has 1 atom stereocenters. The van der Waals surface area contributed by atoms with E-state index in [1.54, 1.807) is 36.3 Å². The molecule has 1 amide bonds. The number of ether oxygens (including phenoxy) is 2. The Morgan fingerprint density at radius 1 is 0.949 bits per heavy atom. The van der Waals surface area contributed by atoms with Crippen molar-refractivity contribution in [1.29, 1.82) is 0 Å². The minimum atomic E-state index is -0.687. The van der Waals surface area contributed by atoms with Crippen LogP contribution in [0.1, 0.15) is 61.1 Å². The maximum Gasteiger partial charge on any atom is 0.295 e. The molecule has 1 unspecified atom stereocenters. The molecule has 1 aliphatic rings. The predicted octanol–water partition coefficient (Wildman–Crippen LogP) is 6.33. The van der Waals surface area contributed by atoms with Gasteiger partial charge in [0.1, 0.15) is 18.1 Å². The molecule has 204 valence electrons. The molecular formula is C33H37NO5. The van der Waals surface area contributed by atoms with Crippen LogP contribution in [0.5, 0.6) is 5.75 Å². The van der Waals surface area contributed by atoms with Crippen molar-refractivity contribution in [1.82, 2.24) is 4.90 Å². The average Bonchev–Trinajstić information content (AvgIpc) is 3.17. The fraction of sp³-hybridized carbons (Fsp3) is 0.333. The summed E-state index contributed by atoms with van der Waals surface area (Å²) >= 11 is 0. The Labute approximate surface area is 230 Å². The first-order chi connectivity index (χ1) is 18.6. The predicted molar refractivity (Wildman–Crippen MR) is 153 cm³/mol. The molecular weight excluding hydrogens is 490 g/mol. The highest BCUT2D eigenvalue weighted by atomic mass is 16.5. The van der Waals surface area contributed by atoms with Gasteiger partial charge in [-0.2, -0.15) is 0 Å². The molecule has 1 aliphatic heterocycles. The lowest BCUT2D eigenvalue weighted by atomic mass is 9.85. The van der Waals surface area contributed by atoms with Gasteiger partial charge in [0.15, 0.2) is 0 Å². The molecule has 3 aromatic carbocycles. The van der Waals surface area contributed by atoms with Gasteiger partial charge in [-0.3, -0.25) is 9.59 Å². The number of carbonyl (C=O) groups excluding carboxylic acids is 2. The Kier molecular flexibility index (Phi) is 8.56. The van der Waals surface area contributed by atoms with E-state index in [-0.39, 0.29) is 16.7 Å². The lowest BCUT2D eigenvalue weighted by Gasteiger charge is -2.26. The van der Waals surface area contributed by atoms with Gasteiger partial charge < -0.3 is 19.5 Å². The molecule has 0 aromatic heterocycles. The van der Waals surface area contributed by atoms with Crippen molar-refractivity contribution in [3.05, 3.63) is 106 Å². The highest BCUT2D eigenvalue weighted by Gasteiger charge is 2.45. The van der Waals surface area contributed by atoms with Gasteiger partial charge in [-0.25, -0.2) is 0 Å². The fourth-order valence-corrected chi connectivity index (χ4v) is 4.80. The third-order valence-electron chi connectivity index (χ3n) is 7.16. The van der Waals surface area contributed by atoms with E-state index in [2.05, 4.69) is 20.8 Å². The number of aryl methyl sites for hydroxylation is 1. The molecule has 1 heterocycles. The van der Waals surface area contributed by atoms with E-state index in [0.717, 1.165) is 22.3 Å².